The van der Waals surface area contributed by atoms with Crippen LogP contribution in [-0.2, 0) is 4.74 Å². The first-order chi connectivity index (χ1) is 9.31. The zero-order valence-corrected chi connectivity index (χ0v) is 11.3. The average molecular weight is 262 g/mol. The molecule has 1 aliphatic carbocycles. The second kappa shape index (κ2) is 7.41. The molecule has 0 radical (unpaired) electrons. The predicted octanol–water partition coefficient (Wildman–Crippen LogP) is 2.83. The minimum Gasteiger partial charge on any atom is -0.394 e. The van der Waals surface area contributed by atoms with Crippen molar-refractivity contribution in [1.82, 2.24) is 0 Å². The lowest BCUT2D eigenvalue weighted by Crippen LogP contribution is -2.30. The number of ether oxygens (including phenoxy) is 1. The minimum atomic E-state index is 0.0514. The third kappa shape index (κ3) is 4.15. The molecule has 0 unspecified atom stereocenters. The highest BCUT2D eigenvalue weighted by atomic mass is 16.5. The van der Waals surface area contributed by atoms with Gasteiger partial charge in [0.05, 0.1) is 19.3 Å². The first-order valence-electron chi connectivity index (χ1n) is 7.12. The van der Waals surface area contributed by atoms with Crippen LogP contribution in [0.2, 0.25) is 0 Å². The number of hydrogen-bond acceptors (Lipinski definition) is 3. The molecule has 3 heteroatoms. The van der Waals surface area contributed by atoms with E-state index >= 15 is 0 Å². The molecule has 2 rings (SSSR count). The molecule has 0 heterocycles. The van der Waals surface area contributed by atoms with Gasteiger partial charge in [0, 0.05) is 12.0 Å². The monoisotopic (exact) mass is 262 g/mol. The van der Waals surface area contributed by atoms with Gasteiger partial charge in [0.1, 0.15) is 0 Å². The number of aliphatic hydroxyl groups is 1. The number of carbonyl (C=O) groups excluding carboxylic acids is 1. The van der Waals surface area contributed by atoms with Gasteiger partial charge in [-0.2, -0.15) is 0 Å². The maximum atomic E-state index is 12.2. The summed E-state index contributed by atoms with van der Waals surface area (Å²) in [5.74, 6) is 0.498. The van der Waals surface area contributed by atoms with Gasteiger partial charge in [0.15, 0.2) is 5.78 Å². The van der Waals surface area contributed by atoms with Gasteiger partial charge < -0.3 is 9.84 Å². The summed E-state index contributed by atoms with van der Waals surface area (Å²) >= 11 is 0. The topological polar surface area (TPSA) is 46.5 Å². The van der Waals surface area contributed by atoms with Crippen LogP contribution in [0.4, 0.5) is 0 Å². The van der Waals surface area contributed by atoms with Crippen LogP contribution in [0, 0.1) is 5.92 Å². The minimum absolute atomic E-state index is 0.0514. The standard InChI is InChI=1S/C16H22O3/c17-10-11-19-16-9-5-4-8-14(16)12-15(18)13-6-2-1-3-7-13/h1-3,6-7,14,16-17H,4-5,8-12H2/t14-,16+/m1/s1. The normalized spacial score (nSPS) is 23.2. The number of ketones is 1. The molecule has 1 N–H and O–H groups in total. The van der Waals surface area contributed by atoms with E-state index in [1.165, 1.54) is 6.42 Å². The zero-order valence-electron chi connectivity index (χ0n) is 11.3. The van der Waals surface area contributed by atoms with E-state index in [0.29, 0.717) is 18.9 Å². The molecule has 19 heavy (non-hydrogen) atoms. The number of carbonyl (C=O) groups is 1. The highest BCUT2D eigenvalue weighted by Gasteiger charge is 2.27. The van der Waals surface area contributed by atoms with Crippen LogP contribution >= 0.6 is 0 Å². The largest absolute Gasteiger partial charge is 0.394 e. The van der Waals surface area contributed by atoms with Crippen molar-refractivity contribution in [2.24, 2.45) is 5.92 Å². The number of benzene rings is 1. The molecule has 0 amide bonds. The summed E-state index contributed by atoms with van der Waals surface area (Å²) < 4.78 is 5.68. The third-order valence-electron chi connectivity index (χ3n) is 3.81. The Labute approximate surface area is 114 Å². The van der Waals surface area contributed by atoms with Gasteiger partial charge in [-0.1, -0.05) is 43.2 Å². The molecule has 1 fully saturated rings. The van der Waals surface area contributed by atoms with Crippen molar-refractivity contribution >= 4 is 5.78 Å². The Morgan fingerprint density at radius 3 is 2.68 bits per heavy atom. The van der Waals surface area contributed by atoms with Gasteiger partial charge in [0.25, 0.3) is 0 Å². The molecule has 2 atom stereocenters. The van der Waals surface area contributed by atoms with Gasteiger partial charge >= 0.3 is 0 Å². The first-order valence-corrected chi connectivity index (χ1v) is 7.12. The Kier molecular flexibility index (Phi) is 5.55. The Morgan fingerprint density at radius 2 is 1.95 bits per heavy atom. The second-order valence-electron chi connectivity index (χ2n) is 5.17. The van der Waals surface area contributed by atoms with Crippen LogP contribution in [0.3, 0.4) is 0 Å². The Hall–Kier alpha value is -1.19. The SMILES string of the molecule is O=C(C[C@H]1CCCC[C@@H]1OCCO)c1ccccc1. The van der Waals surface area contributed by atoms with Crippen LogP contribution in [-0.4, -0.2) is 30.2 Å². The lowest BCUT2D eigenvalue weighted by atomic mass is 9.82. The van der Waals surface area contributed by atoms with Crippen molar-refractivity contribution in [3.8, 4) is 0 Å². The zero-order chi connectivity index (χ0) is 13.5. The maximum Gasteiger partial charge on any atom is 0.163 e. The van der Waals surface area contributed by atoms with E-state index in [1.807, 2.05) is 30.3 Å². The molecular weight excluding hydrogens is 240 g/mol. The van der Waals surface area contributed by atoms with Gasteiger partial charge in [-0.3, -0.25) is 4.79 Å². The van der Waals surface area contributed by atoms with Crippen LogP contribution in [0.25, 0.3) is 0 Å². The van der Waals surface area contributed by atoms with E-state index in [1.54, 1.807) is 0 Å². The van der Waals surface area contributed by atoms with Crippen LogP contribution in [0.5, 0.6) is 0 Å². The fraction of sp³-hybridized carbons (Fsp3) is 0.562. The summed E-state index contributed by atoms with van der Waals surface area (Å²) in [5.41, 5.74) is 0.786. The van der Waals surface area contributed by atoms with Crippen molar-refractivity contribution in [3.63, 3.8) is 0 Å². The molecule has 104 valence electrons. The molecule has 0 aliphatic heterocycles. The van der Waals surface area contributed by atoms with E-state index in [4.69, 9.17) is 9.84 Å². The van der Waals surface area contributed by atoms with Gasteiger partial charge in [0.2, 0.25) is 0 Å². The summed E-state index contributed by atoms with van der Waals surface area (Å²) in [6.45, 7) is 0.427. The van der Waals surface area contributed by atoms with Crippen LogP contribution in [0.1, 0.15) is 42.5 Å². The van der Waals surface area contributed by atoms with E-state index in [2.05, 4.69) is 0 Å². The Bertz CT molecular complexity index is 388. The molecular formula is C16H22O3. The summed E-state index contributed by atoms with van der Waals surface area (Å²) in [7, 11) is 0. The van der Waals surface area contributed by atoms with Gasteiger partial charge in [-0.25, -0.2) is 0 Å². The fourth-order valence-corrected chi connectivity index (χ4v) is 2.81. The quantitative estimate of drug-likeness (QED) is 0.802. The predicted molar refractivity (Wildman–Crippen MR) is 74.2 cm³/mol. The van der Waals surface area contributed by atoms with Crippen molar-refractivity contribution in [2.45, 2.75) is 38.2 Å². The Balaban J connectivity index is 1.93. The van der Waals surface area contributed by atoms with Crippen molar-refractivity contribution in [2.75, 3.05) is 13.2 Å². The van der Waals surface area contributed by atoms with Crippen molar-refractivity contribution < 1.29 is 14.6 Å². The fourth-order valence-electron chi connectivity index (χ4n) is 2.81. The van der Waals surface area contributed by atoms with Crippen LogP contribution in [0.15, 0.2) is 30.3 Å². The molecule has 1 aromatic rings. The lowest BCUT2D eigenvalue weighted by Gasteiger charge is -2.31. The van der Waals surface area contributed by atoms with E-state index in [-0.39, 0.29) is 18.5 Å². The molecule has 1 aliphatic rings. The van der Waals surface area contributed by atoms with Gasteiger partial charge in [-0.15, -0.1) is 0 Å². The second-order valence-corrected chi connectivity index (χ2v) is 5.17. The summed E-state index contributed by atoms with van der Waals surface area (Å²) in [6.07, 6.45) is 5.08. The number of Topliss-reactive ketones (excluding diaryl/α,β-unsaturated/α-hetero) is 1. The third-order valence-corrected chi connectivity index (χ3v) is 3.81. The van der Waals surface area contributed by atoms with E-state index in [9.17, 15) is 4.79 Å². The van der Waals surface area contributed by atoms with Crippen LogP contribution < -0.4 is 0 Å². The maximum absolute atomic E-state index is 12.2. The molecule has 0 spiro atoms. The molecule has 0 bridgehead atoms. The van der Waals surface area contributed by atoms with Crippen molar-refractivity contribution in [1.29, 1.82) is 0 Å². The number of rotatable bonds is 6. The molecule has 1 aromatic carbocycles. The summed E-state index contributed by atoms with van der Waals surface area (Å²) in [6, 6.07) is 9.45. The molecule has 0 saturated heterocycles. The number of hydrogen-bond donors (Lipinski definition) is 1. The summed E-state index contributed by atoms with van der Waals surface area (Å²) in [5, 5.41) is 8.85. The van der Waals surface area contributed by atoms with Crippen molar-refractivity contribution in [3.05, 3.63) is 35.9 Å². The molecule has 3 nitrogen and oxygen atoms in total. The van der Waals surface area contributed by atoms with Gasteiger partial charge in [-0.05, 0) is 18.8 Å². The molecule has 0 aromatic heterocycles. The Morgan fingerprint density at radius 1 is 1.21 bits per heavy atom. The lowest BCUT2D eigenvalue weighted by molar-refractivity contribution is -0.0254. The highest BCUT2D eigenvalue weighted by molar-refractivity contribution is 5.96. The van der Waals surface area contributed by atoms with E-state index < -0.39 is 0 Å². The number of aliphatic hydroxyl groups excluding tert-OH is 1. The average Bonchev–Trinajstić information content (AvgIpc) is 2.47. The smallest absolute Gasteiger partial charge is 0.163 e. The van der Waals surface area contributed by atoms with E-state index in [0.717, 1.165) is 24.8 Å². The highest BCUT2D eigenvalue weighted by Crippen LogP contribution is 2.30. The first kappa shape index (κ1) is 14.2. The summed E-state index contributed by atoms with van der Waals surface area (Å²) in [4.78, 5) is 12.2. The molecule has 1 saturated carbocycles.